The van der Waals surface area contributed by atoms with Crippen molar-refractivity contribution >= 4 is 15.9 Å². The second-order valence-corrected chi connectivity index (χ2v) is 7.57. The number of sulfonamides is 1. The van der Waals surface area contributed by atoms with Gasteiger partial charge in [0.1, 0.15) is 5.76 Å². The first-order chi connectivity index (χ1) is 11.9. The van der Waals surface area contributed by atoms with Crippen LogP contribution in [0.1, 0.15) is 27.7 Å². The van der Waals surface area contributed by atoms with Gasteiger partial charge in [-0.15, -0.1) is 0 Å². The van der Waals surface area contributed by atoms with Gasteiger partial charge in [0, 0.05) is 38.1 Å². The summed E-state index contributed by atoms with van der Waals surface area (Å²) in [5, 5.41) is 3.01. The van der Waals surface area contributed by atoms with E-state index < -0.39 is 10.0 Å². The highest BCUT2D eigenvalue weighted by molar-refractivity contribution is 7.89. The van der Waals surface area contributed by atoms with Crippen molar-refractivity contribution in [3.63, 3.8) is 0 Å². The Labute approximate surface area is 146 Å². The van der Waals surface area contributed by atoms with Crippen LogP contribution < -0.4 is 10.0 Å². The van der Waals surface area contributed by atoms with E-state index in [-0.39, 0.29) is 28.4 Å². The van der Waals surface area contributed by atoms with E-state index in [0.29, 0.717) is 19.6 Å². The number of hydrogen-bond acceptors (Lipinski definition) is 6. The second kappa shape index (κ2) is 6.95. The molecule has 0 aromatic carbocycles. The van der Waals surface area contributed by atoms with Gasteiger partial charge in [-0.3, -0.25) is 9.78 Å². The van der Waals surface area contributed by atoms with E-state index >= 15 is 0 Å². The Bertz CT molecular complexity index is 864. The molecular formula is C16H20N4O4S. The van der Waals surface area contributed by atoms with E-state index in [4.69, 9.17) is 4.42 Å². The van der Waals surface area contributed by atoms with Crippen molar-refractivity contribution in [1.82, 2.24) is 19.9 Å². The van der Waals surface area contributed by atoms with Crippen LogP contribution in [0.15, 0.2) is 40.1 Å². The summed E-state index contributed by atoms with van der Waals surface area (Å²) in [6.07, 6.45) is 3.41. The van der Waals surface area contributed by atoms with Gasteiger partial charge in [0.25, 0.3) is 15.9 Å². The van der Waals surface area contributed by atoms with Gasteiger partial charge in [0.2, 0.25) is 5.09 Å². The van der Waals surface area contributed by atoms with Gasteiger partial charge in [0.15, 0.2) is 0 Å². The average Bonchev–Trinajstić information content (AvgIpc) is 3.04. The molecule has 0 aliphatic carbocycles. The van der Waals surface area contributed by atoms with Crippen molar-refractivity contribution in [2.75, 3.05) is 26.7 Å². The molecule has 1 fully saturated rings. The lowest BCUT2D eigenvalue weighted by Gasteiger charge is -2.36. The summed E-state index contributed by atoms with van der Waals surface area (Å²) in [6.45, 7) is 3.37. The van der Waals surface area contributed by atoms with Gasteiger partial charge in [-0.05, 0) is 25.6 Å². The number of hydrogen-bond donors (Lipinski definition) is 2. The molecule has 0 saturated carbocycles. The van der Waals surface area contributed by atoms with E-state index in [0.717, 1.165) is 5.56 Å². The minimum atomic E-state index is -3.74. The number of nitrogens with one attached hydrogen (secondary N) is 2. The lowest BCUT2D eigenvalue weighted by Crippen LogP contribution is -2.48. The zero-order valence-electron chi connectivity index (χ0n) is 14.0. The number of nitrogens with zero attached hydrogens (tertiary/aromatic N) is 2. The van der Waals surface area contributed by atoms with Gasteiger partial charge in [-0.25, -0.2) is 13.1 Å². The summed E-state index contributed by atoms with van der Waals surface area (Å²) < 4.78 is 31.3. The monoisotopic (exact) mass is 364 g/mol. The molecule has 0 radical (unpaired) electrons. The Hall–Kier alpha value is -2.23. The zero-order chi connectivity index (χ0) is 18.0. The Kier molecular flexibility index (Phi) is 4.89. The first-order valence-corrected chi connectivity index (χ1v) is 9.38. The topological polar surface area (TPSA) is 105 Å². The SMILES string of the molecule is CNS(=O)(=O)c1cc(C(=O)N2CCNCC2c2cccnc2)c(C)o1. The molecule has 2 N–H and O–H groups in total. The van der Waals surface area contributed by atoms with E-state index in [2.05, 4.69) is 15.0 Å². The van der Waals surface area contributed by atoms with Crippen molar-refractivity contribution in [3.8, 4) is 0 Å². The van der Waals surface area contributed by atoms with Crippen molar-refractivity contribution in [3.05, 3.63) is 47.5 Å². The number of carbonyl (C=O) groups is 1. The number of carbonyl (C=O) groups excluding carboxylic acids is 1. The molecule has 1 atom stereocenters. The molecule has 0 bridgehead atoms. The van der Waals surface area contributed by atoms with Crippen LogP contribution in [0.4, 0.5) is 0 Å². The molecule has 2 aromatic heterocycles. The standard InChI is InChI=1S/C16H20N4O4S/c1-11-13(8-15(24-11)25(22,23)17-2)16(21)20-7-6-19-10-14(20)12-4-3-5-18-9-12/h3-5,8-9,14,17,19H,6-7,10H2,1-2H3. The maximum Gasteiger partial charge on any atom is 0.273 e. The molecule has 1 aliphatic rings. The average molecular weight is 364 g/mol. The summed E-state index contributed by atoms with van der Waals surface area (Å²) in [5.74, 6) is 0.0245. The molecule has 1 unspecified atom stereocenters. The first kappa shape index (κ1) is 17.6. The Morgan fingerprint density at radius 1 is 1.48 bits per heavy atom. The zero-order valence-corrected chi connectivity index (χ0v) is 14.8. The molecule has 25 heavy (non-hydrogen) atoms. The first-order valence-electron chi connectivity index (χ1n) is 7.89. The number of aromatic nitrogens is 1. The summed E-state index contributed by atoms with van der Waals surface area (Å²) >= 11 is 0. The maximum atomic E-state index is 13.0. The number of piperazine rings is 1. The van der Waals surface area contributed by atoms with Gasteiger partial charge in [0.05, 0.1) is 11.6 Å². The molecular weight excluding hydrogens is 344 g/mol. The predicted molar refractivity (Wildman–Crippen MR) is 90.6 cm³/mol. The highest BCUT2D eigenvalue weighted by Crippen LogP contribution is 2.26. The number of rotatable bonds is 4. The van der Waals surface area contributed by atoms with Crippen LogP contribution >= 0.6 is 0 Å². The molecule has 3 heterocycles. The van der Waals surface area contributed by atoms with Gasteiger partial charge < -0.3 is 14.6 Å². The van der Waals surface area contributed by atoms with Crippen molar-refractivity contribution in [2.24, 2.45) is 0 Å². The lowest BCUT2D eigenvalue weighted by molar-refractivity contribution is 0.0632. The molecule has 9 heteroatoms. The quantitative estimate of drug-likeness (QED) is 0.827. The third kappa shape index (κ3) is 3.44. The molecule has 0 spiro atoms. The Balaban J connectivity index is 1.94. The van der Waals surface area contributed by atoms with Crippen LogP contribution in [0.25, 0.3) is 0 Å². The molecule has 1 aliphatic heterocycles. The molecule has 1 amide bonds. The summed E-state index contributed by atoms with van der Waals surface area (Å²) in [5.41, 5.74) is 1.18. The Morgan fingerprint density at radius 3 is 2.96 bits per heavy atom. The highest BCUT2D eigenvalue weighted by Gasteiger charge is 2.32. The molecule has 2 aromatic rings. The minimum Gasteiger partial charge on any atom is -0.448 e. The van der Waals surface area contributed by atoms with Crippen LogP contribution in [0, 0.1) is 6.92 Å². The van der Waals surface area contributed by atoms with Gasteiger partial charge in [-0.1, -0.05) is 6.07 Å². The fourth-order valence-corrected chi connectivity index (χ4v) is 3.58. The van der Waals surface area contributed by atoms with Crippen molar-refractivity contribution < 1.29 is 17.6 Å². The van der Waals surface area contributed by atoms with Crippen LogP contribution in [-0.2, 0) is 10.0 Å². The molecule has 8 nitrogen and oxygen atoms in total. The number of aryl methyl sites for hydroxylation is 1. The van der Waals surface area contributed by atoms with Crippen LogP contribution in [0.5, 0.6) is 0 Å². The third-order valence-corrected chi connectivity index (χ3v) is 5.50. The normalized spacial score (nSPS) is 18.3. The van der Waals surface area contributed by atoms with E-state index in [9.17, 15) is 13.2 Å². The lowest BCUT2D eigenvalue weighted by atomic mass is 10.0. The largest absolute Gasteiger partial charge is 0.448 e. The fraction of sp³-hybridized carbons (Fsp3) is 0.375. The third-order valence-electron chi connectivity index (χ3n) is 4.23. The summed E-state index contributed by atoms with van der Waals surface area (Å²) in [4.78, 5) is 18.9. The Morgan fingerprint density at radius 2 is 2.28 bits per heavy atom. The van der Waals surface area contributed by atoms with Crippen LogP contribution in [0.3, 0.4) is 0 Å². The van der Waals surface area contributed by atoms with Crippen molar-refractivity contribution in [1.29, 1.82) is 0 Å². The van der Waals surface area contributed by atoms with E-state index in [1.54, 1.807) is 24.2 Å². The maximum absolute atomic E-state index is 13.0. The van der Waals surface area contributed by atoms with Gasteiger partial charge in [-0.2, -0.15) is 0 Å². The molecule has 1 saturated heterocycles. The second-order valence-electron chi connectivity index (χ2n) is 5.75. The minimum absolute atomic E-state index is 0.173. The number of furan rings is 1. The van der Waals surface area contributed by atoms with E-state index in [1.807, 2.05) is 12.1 Å². The number of pyridine rings is 1. The molecule has 3 rings (SSSR count). The number of amides is 1. The summed E-state index contributed by atoms with van der Waals surface area (Å²) in [7, 11) is -2.44. The van der Waals surface area contributed by atoms with Crippen LogP contribution in [0.2, 0.25) is 0 Å². The smallest absolute Gasteiger partial charge is 0.273 e. The summed E-state index contributed by atoms with van der Waals surface area (Å²) in [6, 6.07) is 4.86. The van der Waals surface area contributed by atoms with Gasteiger partial charge >= 0.3 is 0 Å². The van der Waals surface area contributed by atoms with Crippen LogP contribution in [-0.4, -0.2) is 50.9 Å². The fourth-order valence-electron chi connectivity index (χ4n) is 2.87. The molecule has 134 valence electrons. The van der Waals surface area contributed by atoms with Crippen molar-refractivity contribution in [2.45, 2.75) is 18.1 Å². The highest BCUT2D eigenvalue weighted by atomic mass is 32.2. The predicted octanol–water partition coefficient (Wildman–Crippen LogP) is 0.678. The van der Waals surface area contributed by atoms with E-state index in [1.165, 1.54) is 13.1 Å².